The van der Waals surface area contributed by atoms with Gasteiger partial charge < -0.3 is 14.8 Å². The second-order valence-electron chi connectivity index (χ2n) is 9.53. The van der Waals surface area contributed by atoms with E-state index in [9.17, 15) is 14.7 Å². The van der Waals surface area contributed by atoms with Crippen molar-refractivity contribution >= 4 is 29.1 Å². The summed E-state index contributed by atoms with van der Waals surface area (Å²) in [6.07, 6.45) is 0. The third-order valence-corrected chi connectivity index (χ3v) is 5.51. The molecule has 0 aliphatic heterocycles. The number of nitrogens with one attached hydrogen (secondary N) is 1. The van der Waals surface area contributed by atoms with Crippen molar-refractivity contribution in [3.05, 3.63) is 77.0 Å². The van der Waals surface area contributed by atoms with Crippen LogP contribution < -0.4 is 10.2 Å². The first-order valence-corrected chi connectivity index (χ1v) is 11.9. The third-order valence-electron chi connectivity index (χ3n) is 5.26. The van der Waals surface area contributed by atoms with Gasteiger partial charge in [-0.15, -0.1) is 10.2 Å². The second-order valence-corrected chi connectivity index (χ2v) is 9.97. The van der Waals surface area contributed by atoms with E-state index < -0.39 is 23.4 Å². The number of carbonyl (C=O) groups excluding carboxylic acids is 2. The molecule has 37 heavy (non-hydrogen) atoms. The van der Waals surface area contributed by atoms with Gasteiger partial charge >= 0.3 is 0 Å². The zero-order chi connectivity index (χ0) is 26.7. The highest BCUT2D eigenvalue weighted by molar-refractivity contribution is 6.30. The molecule has 0 aliphatic carbocycles. The van der Waals surface area contributed by atoms with Crippen LogP contribution in [0, 0.1) is 6.92 Å². The number of amides is 2. The molecule has 0 unspecified atom stereocenters. The molecule has 0 aliphatic rings. The molecule has 2 aromatic heterocycles. The van der Waals surface area contributed by atoms with Gasteiger partial charge in [0, 0.05) is 22.3 Å². The van der Waals surface area contributed by atoms with Crippen LogP contribution in [-0.4, -0.2) is 42.7 Å². The fraction of sp³-hybridized carbons (Fsp3) is 0.269. The maximum Gasteiger partial charge on any atom is 0.251 e. The number of furan rings is 1. The van der Waals surface area contributed by atoms with Crippen molar-refractivity contribution in [1.29, 1.82) is 0 Å². The van der Waals surface area contributed by atoms with E-state index >= 15 is 0 Å². The lowest BCUT2D eigenvalue weighted by molar-refractivity contribution is -0.128. The molecule has 2 N–H and O–H groups in total. The van der Waals surface area contributed by atoms with Crippen LogP contribution in [0.4, 0.5) is 5.69 Å². The van der Waals surface area contributed by atoms with Crippen molar-refractivity contribution in [2.45, 2.75) is 45.8 Å². The number of aromatic hydroxyl groups is 1. The highest BCUT2D eigenvalue weighted by Crippen LogP contribution is 2.31. The maximum absolute atomic E-state index is 13.8. The molecule has 0 saturated heterocycles. The topological polar surface area (TPSA) is 126 Å². The van der Waals surface area contributed by atoms with Crippen LogP contribution >= 0.6 is 11.6 Å². The van der Waals surface area contributed by atoms with Gasteiger partial charge in [0.15, 0.2) is 5.76 Å². The minimum absolute atomic E-state index is 0.0595. The van der Waals surface area contributed by atoms with Crippen molar-refractivity contribution in [1.82, 2.24) is 25.5 Å². The van der Waals surface area contributed by atoms with Crippen LogP contribution in [0.1, 0.15) is 38.1 Å². The van der Waals surface area contributed by atoms with Gasteiger partial charge in [-0.25, -0.2) is 0 Å². The number of rotatable bonds is 7. The summed E-state index contributed by atoms with van der Waals surface area (Å²) in [6, 6.07) is 15.2. The van der Waals surface area contributed by atoms with Crippen LogP contribution in [0.3, 0.4) is 0 Å². The summed E-state index contributed by atoms with van der Waals surface area (Å²) >= 11 is 6.10. The molecule has 1 atom stereocenters. The van der Waals surface area contributed by atoms with E-state index in [2.05, 4.69) is 20.7 Å². The molecule has 2 heterocycles. The first-order chi connectivity index (χ1) is 17.5. The Labute approximate surface area is 218 Å². The first-order valence-electron chi connectivity index (χ1n) is 11.5. The average Bonchev–Trinajstić information content (AvgIpc) is 3.45. The first kappa shape index (κ1) is 25.9. The molecule has 0 radical (unpaired) electrons. The van der Waals surface area contributed by atoms with Gasteiger partial charge in [0.1, 0.15) is 24.1 Å². The van der Waals surface area contributed by atoms with Gasteiger partial charge in [0.05, 0.1) is 0 Å². The molecule has 0 fully saturated rings. The fourth-order valence-corrected chi connectivity index (χ4v) is 3.87. The number of phenolic OH excluding ortho intramolecular Hbond substituents is 1. The predicted molar refractivity (Wildman–Crippen MR) is 138 cm³/mol. The van der Waals surface area contributed by atoms with Gasteiger partial charge in [-0.2, -0.15) is 4.80 Å². The summed E-state index contributed by atoms with van der Waals surface area (Å²) in [5, 5.41) is 25.8. The molecule has 2 amide bonds. The second kappa shape index (κ2) is 10.4. The molecule has 4 aromatic rings. The summed E-state index contributed by atoms with van der Waals surface area (Å²) in [5.74, 6) is 0.358. The van der Waals surface area contributed by atoms with Crippen molar-refractivity contribution in [3.8, 4) is 17.3 Å². The highest BCUT2D eigenvalue weighted by Gasteiger charge is 2.35. The lowest BCUT2D eigenvalue weighted by atomic mass is 10.0. The summed E-state index contributed by atoms with van der Waals surface area (Å²) in [4.78, 5) is 29.9. The standard InChI is InChI=1S/C26H27ClN6O4/c1-16-8-13-21(37-16)24-29-31-32(30-24)15-22(35)33(19-6-5-7-20(34)14-19)23(25(36)28-26(2,3)4)17-9-11-18(27)12-10-17/h5-14,23,34H,15H2,1-4H3,(H,28,36)/t23-/m1/s1. The lowest BCUT2D eigenvalue weighted by Crippen LogP contribution is -2.50. The monoisotopic (exact) mass is 522 g/mol. The molecule has 192 valence electrons. The molecular weight excluding hydrogens is 496 g/mol. The van der Waals surface area contributed by atoms with Crippen LogP contribution in [0.5, 0.6) is 5.75 Å². The average molecular weight is 523 g/mol. The summed E-state index contributed by atoms with van der Waals surface area (Å²) in [5.41, 5.74) is 0.274. The smallest absolute Gasteiger partial charge is 0.251 e. The van der Waals surface area contributed by atoms with Gasteiger partial charge in [0.25, 0.3) is 5.91 Å². The zero-order valence-electron chi connectivity index (χ0n) is 20.8. The Morgan fingerprint density at radius 3 is 2.49 bits per heavy atom. The molecule has 0 spiro atoms. The van der Waals surface area contributed by atoms with Gasteiger partial charge in [-0.3, -0.25) is 14.5 Å². The van der Waals surface area contributed by atoms with E-state index in [0.29, 0.717) is 27.8 Å². The van der Waals surface area contributed by atoms with Crippen LogP contribution in [0.15, 0.2) is 65.1 Å². The van der Waals surface area contributed by atoms with Crippen molar-refractivity contribution < 1.29 is 19.1 Å². The quantitative estimate of drug-likeness (QED) is 0.370. The number of halogens is 1. The normalized spacial score (nSPS) is 12.2. The lowest BCUT2D eigenvalue weighted by Gasteiger charge is -2.33. The van der Waals surface area contributed by atoms with E-state index in [0.717, 1.165) is 4.80 Å². The Kier molecular flexibility index (Phi) is 7.30. The minimum Gasteiger partial charge on any atom is -0.508 e. The minimum atomic E-state index is -1.08. The molecule has 4 rings (SSSR count). The van der Waals surface area contributed by atoms with E-state index in [1.54, 1.807) is 55.5 Å². The van der Waals surface area contributed by atoms with Crippen LogP contribution in [-0.2, 0) is 16.1 Å². The van der Waals surface area contributed by atoms with Crippen LogP contribution in [0.2, 0.25) is 5.02 Å². The number of nitrogens with zero attached hydrogens (tertiary/aromatic N) is 5. The summed E-state index contributed by atoms with van der Waals surface area (Å²) in [6.45, 7) is 7.02. The molecule has 10 nitrogen and oxygen atoms in total. The molecule has 0 saturated carbocycles. The number of benzene rings is 2. The number of phenols is 1. The number of aryl methyl sites for hydroxylation is 1. The van der Waals surface area contributed by atoms with E-state index in [-0.39, 0.29) is 18.1 Å². The van der Waals surface area contributed by atoms with Crippen molar-refractivity contribution in [2.75, 3.05) is 4.90 Å². The Bertz CT molecular complexity index is 1410. The molecular formula is C26H27ClN6O4. The van der Waals surface area contributed by atoms with Gasteiger partial charge in [-0.1, -0.05) is 29.8 Å². The van der Waals surface area contributed by atoms with Gasteiger partial charge in [-0.05, 0) is 74.9 Å². The van der Waals surface area contributed by atoms with Gasteiger partial charge in [0.2, 0.25) is 11.7 Å². The van der Waals surface area contributed by atoms with Crippen molar-refractivity contribution in [3.63, 3.8) is 0 Å². The summed E-state index contributed by atoms with van der Waals surface area (Å²) < 4.78 is 5.54. The van der Waals surface area contributed by atoms with E-state index in [4.69, 9.17) is 16.0 Å². The Morgan fingerprint density at radius 1 is 1.14 bits per heavy atom. The Morgan fingerprint density at radius 2 is 1.86 bits per heavy atom. The number of carbonyl (C=O) groups is 2. The predicted octanol–water partition coefficient (Wildman–Crippen LogP) is 4.29. The Balaban J connectivity index is 1.75. The van der Waals surface area contributed by atoms with E-state index in [1.807, 2.05) is 20.8 Å². The fourth-order valence-electron chi connectivity index (χ4n) is 3.74. The largest absolute Gasteiger partial charge is 0.508 e. The van der Waals surface area contributed by atoms with Crippen LogP contribution in [0.25, 0.3) is 11.6 Å². The Hall–Kier alpha value is -4.18. The van der Waals surface area contributed by atoms with Crippen molar-refractivity contribution in [2.24, 2.45) is 0 Å². The molecule has 2 aromatic carbocycles. The number of hydrogen-bond acceptors (Lipinski definition) is 7. The highest BCUT2D eigenvalue weighted by atomic mass is 35.5. The molecule has 0 bridgehead atoms. The number of aromatic nitrogens is 4. The van der Waals surface area contributed by atoms with E-state index in [1.165, 1.54) is 17.0 Å². The number of hydrogen-bond donors (Lipinski definition) is 2. The third kappa shape index (κ3) is 6.34. The molecule has 11 heteroatoms. The SMILES string of the molecule is Cc1ccc(-c2nnn(CC(=O)N(c3cccc(O)c3)[C@@H](C(=O)NC(C)(C)C)c3ccc(Cl)cc3)n2)o1. The zero-order valence-corrected chi connectivity index (χ0v) is 21.6. The summed E-state index contributed by atoms with van der Waals surface area (Å²) in [7, 11) is 0. The number of anilines is 1. The number of tetrazole rings is 1. The maximum atomic E-state index is 13.8.